The maximum absolute atomic E-state index is 13.0. The summed E-state index contributed by atoms with van der Waals surface area (Å²) in [5, 5.41) is 6.53. The van der Waals surface area contributed by atoms with Crippen molar-refractivity contribution in [3.8, 4) is 0 Å². The molecule has 2 aromatic rings. The molecule has 2 amide bonds. The standard InChI is InChI=1S/C13H14FN5O2/c14-8-2-1-3-9(4-8)17-13(21)7-19-6-10(15)11(18-19)5-12(16)20/h1-4,6H,5,7,15H2,(H2,16,20)(H,17,21). The molecule has 0 saturated heterocycles. The molecule has 21 heavy (non-hydrogen) atoms. The van der Waals surface area contributed by atoms with Gasteiger partial charge in [0.25, 0.3) is 0 Å². The molecule has 0 unspecified atom stereocenters. The molecular weight excluding hydrogens is 277 g/mol. The lowest BCUT2D eigenvalue weighted by Crippen LogP contribution is -2.19. The number of nitrogen functional groups attached to an aromatic ring is 1. The van der Waals surface area contributed by atoms with E-state index in [0.29, 0.717) is 11.4 Å². The Morgan fingerprint density at radius 1 is 1.38 bits per heavy atom. The molecule has 0 fully saturated rings. The molecule has 7 nitrogen and oxygen atoms in total. The molecule has 1 aromatic carbocycles. The summed E-state index contributed by atoms with van der Waals surface area (Å²) >= 11 is 0. The van der Waals surface area contributed by atoms with E-state index in [2.05, 4.69) is 10.4 Å². The molecule has 1 heterocycles. The maximum atomic E-state index is 13.0. The van der Waals surface area contributed by atoms with E-state index in [-0.39, 0.29) is 18.7 Å². The highest BCUT2D eigenvalue weighted by Crippen LogP contribution is 2.11. The molecule has 0 aliphatic heterocycles. The highest BCUT2D eigenvalue weighted by atomic mass is 19.1. The van der Waals surface area contributed by atoms with Gasteiger partial charge in [-0.1, -0.05) is 6.07 Å². The van der Waals surface area contributed by atoms with Gasteiger partial charge in [-0.25, -0.2) is 4.39 Å². The first-order valence-corrected chi connectivity index (χ1v) is 6.09. The van der Waals surface area contributed by atoms with Gasteiger partial charge in [0.05, 0.1) is 17.8 Å². The van der Waals surface area contributed by atoms with Crippen LogP contribution in [0.1, 0.15) is 5.69 Å². The molecule has 8 heteroatoms. The third kappa shape index (κ3) is 4.03. The summed E-state index contributed by atoms with van der Waals surface area (Å²) in [5.74, 6) is -1.40. The van der Waals surface area contributed by atoms with Crippen molar-refractivity contribution in [1.82, 2.24) is 9.78 Å². The lowest BCUT2D eigenvalue weighted by molar-refractivity contribution is -0.117. The first-order chi connectivity index (χ1) is 9.94. The number of hydrogen-bond donors (Lipinski definition) is 3. The summed E-state index contributed by atoms with van der Waals surface area (Å²) in [4.78, 5) is 22.6. The molecule has 0 aliphatic carbocycles. The van der Waals surface area contributed by atoms with Gasteiger partial charge < -0.3 is 16.8 Å². The average Bonchev–Trinajstić information content (AvgIpc) is 2.68. The summed E-state index contributed by atoms with van der Waals surface area (Å²) in [5.41, 5.74) is 11.7. The van der Waals surface area contributed by atoms with Crippen molar-refractivity contribution < 1.29 is 14.0 Å². The van der Waals surface area contributed by atoms with Crippen LogP contribution in [-0.4, -0.2) is 21.6 Å². The number of aromatic nitrogens is 2. The number of amides is 2. The number of hydrogen-bond acceptors (Lipinski definition) is 4. The van der Waals surface area contributed by atoms with Crippen molar-refractivity contribution in [2.24, 2.45) is 5.73 Å². The van der Waals surface area contributed by atoms with Crippen molar-refractivity contribution in [1.29, 1.82) is 0 Å². The van der Waals surface area contributed by atoms with Crippen molar-refractivity contribution in [2.75, 3.05) is 11.1 Å². The third-order valence-electron chi connectivity index (χ3n) is 2.63. The fraction of sp³-hybridized carbons (Fsp3) is 0.154. The van der Waals surface area contributed by atoms with Gasteiger partial charge in [0, 0.05) is 11.9 Å². The number of rotatable bonds is 5. The van der Waals surface area contributed by atoms with Crippen LogP contribution in [0.25, 0.3) is 0 Å². The van der Waals surface area contributed by atoms with Crippen molar-refractivity contribution in [2.45, 2.75) is 13.0 Å². The van der Waals surface area contributed by atoms with Crippen LogP contribution in [0.3, 0.4) is 0 Å². The molecule has 2 rings (SSSR count). The molecule has 110 valence electrons. The van der Waals surface area contributed by atoms with Crippen LogP contribution in [0.4, 0.5) is 15.8 Å². The lowest BCUT2D eigenvalue weighted by Gasteiger charge is -2.05. The van der Waals surface area contributed by atoms with Gasteiger partial charge in [0.2, 0.25) is 11.8 Å². The number of primary amides is 1. The summed E-state index contributed by atoms with van der Waals surface area (Å²) in [6.07, 6.45) is 1.34. The Morgan fingerprint density at radius 2 is 2.14 bits per heavy atom. The Labute approximate surface area is 119 Å². The summed E-state index contributed by atoms with van der Waals surface area (Å²) in [6, 6.07) is 5.53. The molecule has 0 bridgehead atoms. The van der Waals surface area contributed by atoms with Gasteiger partial charge in [-0.05, 0) is 18.2 Å². The van der Waals surface area contributed by atoms with Crippen molar-refractivity contribution in [3.63, 3.8) is 0 Å². The zero-order valence-electron chi connectivity index (χ0n) is 11.0. The number of carbonyl (C=O) groups is 2. The number of nitrogens with one attached hydrogen (secondary N) is 1. The lowest BCUT2D eigenvalue weighted by atomic mass is 10.3. The van der Waals surface area contributed by atoms with Crippen molar-refractivity contribution in [3.05, 3.63) is 42.0 Å². The van der Waals surface area contributed by atoms with Gasteiger partial charge in [-0.15, -0.1) is 0 Å². The van der Waals surface area contributed by atoms with Gasteiger partial charge in [-0.2, -0.15) is 5.10 Å². The molecular formula is C13H14FN5O2. The van der Waals surface area contributed by atoms with Crippen LogP contribution in [0.5, 0.6) is 0 Å². The molecule has 0 aliphatic rings. The number of halogens is 1. The van der Waals surface area contributed by atoms with Crippen molar-refractivity contribution >= 4 is 23.2 Å². The average molecular weight is 291 g/mol. The smallest absolute Gasteiger partial charge is 0.246 e. The normalized spacial score (nSPS) is 10.3. The monoisotopic (exact) mass is 291 g/mol. The molecule has 0 atom stereocenters. The highest BCUT2D eigenvalue weighted by Gasteiger charge is 2.11. The minimum Gasteiger partial charge on any atom is -0.396 e. The predicted molar refractivity (Wildman–Crippen MR) is 74.6 cm³/mol. The minimum absolute atomic E-state index is 0.0929. The summed E-state index contributed by atoms with van der Waals surface area (Å²) < 4.78 is 14.3. The molecule has 0 saturated carbocycles. The molecule has 0 radical (unpaired) electrons. The van der Waals surface area contributed by atoms with E-state index in [1.54, 1.807) is 6.07 Å². The van der Waals surface area contributed by atoms with E-state index < -0.39 is 17.6 Å². The molecule has 5 N–H and O–H groups in total. The Hall–Kier alpha value is -2.90. The van der Waals surface area contributed by atoms with E-state index >= 15 is 0 Å². The second-order valence-corrected chi connectivity index (χ2v) is 4.43. The summed E-state index contributed by atoms with van der Waals surface area (Å²) in [6.45, 7) is -0.112. The van der Waals surface area contributed by atoms with Crippen LogP contribution < -0.4 is 16.8 Å². The zero-order chi connectivity index (χ0) is 15.4. The Balaban J connectivity index is 2.01. The van der Waals surface area contributed by atoms with E-state index in [4.69, 9.17) is 11.5 Å². The fourth-order valence-electron chi connectivity index (χ4n) is 1.77. The topological polar surface area (TPSA) is 116 Å². The Kier molecular flexibility index (Phi) is 4.17. The number of benzene rings is 1. The quantitative estimate of drug-likeness (QED) is 0.733. The second-order valence-electron chi connectivity index (χ2n) is 4.43. The van der Waals surface area contributed by atoms with Crippen LogP contribution >= 0.6 is 0 Å². The third-order valence-corrected chi connectivity index (χ3v) is 2.63. The first-order valence-electron chi connectivity index (χ1n) is 6.09. The fourth-order valence-corrected chi connectivity index (χ4v) is 1.77. The van der Waals surface area contributed by atoms with Crippen LogP contribution in [0, 0.1) is 5.82 Å². The van der Waals surface area contributed by atoms with Gasteiger partial charge in [0.1, 0.15) is 12.4 Å². The van der Waals surface area contributed by atoms with E-state index in [1.165, 1.54) is 29.1 Å². The largest absolute Gasteiger partial charge is 0.396 e. The maximum Gasteiger partial charge on any atom is 0.246 e. The number of carbonyl (C=O) groups excluding carboxylic acids is 2. The van der Waals surface area contributed by atoms with Gasteiger partial charge >= 0.3 is 0 Å². The second kappa shape index (κ2) is 6.04. The molecule has 1 aromatic heterocycles. The predicted octanol–water partition coefficient (Wildman–Crippen LogP) is 0.271. The highest BCUT2D eigenvalue weighted by molar-refractivity contribution is 5.90. The van der Waals surface area contributed by atoms with E-state index in [9.17, 15) is 14.0 Å². The van der Waals surface area contributed by atoms with Crippen LogP contribution in [0.15, 0.2) is 30.5 Å². The number of anilines is 2. The van der Waals surface area contributed by atoms with E-state index in [0.717, 1.165) is 0 Å². The van der Waals surface area contributed by atoms with Gasteiger partial charge in [-0.3, -0.25) is 14.3 Å². The Morgan fingerprint density at radius 3 is 2.81 bits per heavy atom. The van der Waals surface area contributed by atoms with Crippen LogP contribution in [-0.2, 0) is 22.6 Å². The van der Waals surface area contributed by atoms with Gasteiger partial charge in [0.15, 0.2) is 0 Å². The number of nitrogens with two attached hydrogens (primary N) is 2. The zero-order valence-corrected chi connectivity index (χ0v) is 11.0. The SMILES string of the molecule is NC(=O)Cc1nn(CC(=O)Nc2cccc(F)c2)cc1N. The minimum atomic E-state index is -0.559. The summed E-state index contributed by atoms with van der Waals surface area (Å²) in [7, 11) is 0. The Bertz CT molecular complexity index is 683. The van der Waals surface area contributed by atoms with E-state index in [1.807, 2.05) is 0 Å². The first kappa shape index (κ1) is 14.5. The molecule has 0 spiro atoms. The van der Waals surface area contributed by atoms with Crippen LogP contribution in [0.2, 0.25) is 0 Å². The number of nitrogens with zero attached hydrogens (tertiary/aromatic N) is 2.